The quantitative estimate of drug-likeness (QED) is 0.187. The summed E-state index contributed by atoms with van der Waals surface area (Å²) in [7, 11) is 0. The van der Waals surface area contributed by atoms with Gasteiger partial charge in [-0.05, 0) is 80.1 Å². The Hall–Kier alpha value is -6.12. The van der Waals surface area contributed by atoms with Crippen LogP contribution in [0.1, 0.15) is 36.5 Å². The third-order valence-electron chi connectivity index (χ3n) is 11.8. The molecule has 242 valence electrons. The van der Waals surface area contributed by atoms with Crippen LogP contribution in [0.15, 0.2) is 164 Å². The molecule has 0 N–H and O–H groups in total. The second-order valence-corrected chi connectivity index (χ2v) is 14.8. The molecule has 4 aliphatic rings. The van der Waals surface area contributed by atoms with E-state index in [2.05, 4.69) is 183 Å². The number of hydrogen-bond donors (Lipinski definition) is 0. The number of anilines is 3. The van der Waals surface area contributed by atoms with Gasteiger partial charge in [0, 0.05) is 39.3 Å². The van der Waals surface area contributed by atoms with Gasteiger partial charge in [-0.1, -0.05) is 147 Å². The highest BCUT2D eigenvalue weighted by atomic mass is 16.5. The van der Waals surface area contributed by atoms with Gasteiger partial charge >= 0.3 is 0 Å². The Labute approximate surface area is 298 Å². The normalized spacial score (nSPS) is 17.8. The summed E-state index contributed by atoms with van der Waals surface area (Å²) in [6.07, 6.45) is 8.72. The van der Waals surface area contributed by atoms with Gasteiger partial charge in [0.15, 0.2) is 0 Å². The highest BCUT2D eigenvalue weighted by molar-refractivity contribution is 6.20. The van der Waals surface area contributed by atoms with Crippen LogP contribution in [0.4, 0.5) is 17.1 Å². The molecule has 7 aromatic carbocycles. The molecule has 0 saturated heterocycles. The molecule has 0 amide bonds. The molecular formula is C49H35NO. The van der Waals surface area contributed by atoms with Crippen molar-refractivity contribution in [2.75, 3.05) is 4.90 Å². The summed E-state index contributed by atoms with van der Waals surface area (Å²) >= 11 is 0. The highest BCUT2D eigenvalue weighted by Crippen LogP contribution is 2.58. The van der Waals surface area contributed by atoms with Crippen molar-refractivity contribution in [3.05, 3.63) is 181 Å². The van der Waals surface area contributed by atoms with Gasteiger partial charge in [-0.15, -0.1) is 0 Å². The van der Waals surface area contributed by atoms with Crippen molar-refractivity contribution < 1.29 is 4.74 Å². The summed E-state index contributed by atoms with van der Waals surface area (Å²) in [5.41, 5.74) is 17.5. The molecule has 3 aliphatic carbocycles. The molecule has 0 saturated carbocycles. The summed E-state index contributed by atoms with van der Waals surface area (Å²) in [4.78, 5) is 2.52. The van der Waals surface area contributed by atoms with Gasteiger partial charge < -0.3 is 9.64 Å². The number of hydrogen-bond acceptors (Lipinski definition) is 2. The Balaban J connectivity index is 1.14. The van der Waals surface area contributed by atoms with Gasteiger partial charge in [0.25, 0.3) is 0 Å². The fourth-order valence-corrected chi connectivity index (χ4v) is 9.40. The third-order valence-corrected chi connectivity index (χ3v) is 11.8. The zero-order valence-electron chi connectivity index (χ0n) is 28.6. The van der Waals surface area contributed by atoms with E-state index in [1.165, 1.54) is 72.2 Å². The van der Waals surface area contributed by atoms with Crippen LogP contribution in [0.25, 0.3) is 55.3 Å². The van der Waals surface area contributed by atoms with Crippen molar-refractivity contribution in [3.8, 4) is 50.3 Å². The Morgan fingerprint density at radius 2 is 1.22 bits per heavy atom. The second-order valence-electron chi connectivity index (χ2n) is 14.8. The summed E-state index contributed by atoms with van der Waals surface area (Å²) < 4.78 is 6.58. The molecule has 2 unspecified atom stereocenters. The zero-order valence-corrected chi connectivity index (χ0v) is 28.6. The first kappa shape index (κ1) is 28.7. The molecule has 2 nitrogen and oxygen atoms in total. The van der Waals surface area contributed by atoms with Crippen molar-refractivity contribution in [3.63, 3.8) is 0 Å². The minimum Gasteiger partial charge on any atom is -0.484 e. The first-order valence-corrected chi connectivity index (χ1v) is 18.0. The molecule has 51 heavy (non-hydrogen) atoms. The highest BCUT2D eigenvalue weighted by Gasteiger charge is 2.39. The first-order valence-electron chi connectivity index (χ1n) is 18.0. The average Bonchev–Trinajstić information content (AvgIpc) is 3.80. The van der Waals surface area contributed by atoms with E-state index < -0.39 is 0 Å². The summed E-state index contributed by atoms with van der Waals surface area (Å²) in [5, 5.41) is 2.60. The standard InChI is InChI=1S/C49H35NO/c1-49(2)40-20-7-5-16-39(40)46-41(49)21-11-22-42(46)50(43-29-26-31-12-9-18-36-34-13-3-4-15-37(34)47(43)45(31)36)32-27-24-30(25-28-32)33-17-10-19-38-35-14-6-8-23-44(35)51-48(33)38/h3-29,35,44H,1-2H3. The number of para-hydroxylation sites is 1. The van der Waals surface area contributed by atoms with Crippen LogP contribution in [-0.4, -0.2) is 6.10 Å². The fourth-order valence-electron chi connectivity index (χ4n) is 9.40. The molecule has 1 heterocycles. The molecule has 2 heteroatoms. The number of benzene rings is 7. The lowest BCUT2D eigenvalue weighted by molar-refractivity contribution is 0.270. The van der Waals surface area contributed by atoms with E-state index >= 15 is 0 Å². The van der Waals surface area contributed by atoms with Gasteiger partial charge in [-0.3, -0.25) is 0 Å². The van der Waals surface area contributed by atoms with Gasteiger partial charge in [-0.2, -0.15) is 0 Å². The second kappa shape index (κ2) is 10.4. The Bertz CT molecular complexity index is 2660. The summed E-state index contributed by atoms with van der Waals surface area (Å²) in [6.45, 7) is 4.72. The van der Waals surface area contributed by atoms with E-state index in [4.69, 9.17) is 4.74 Å². The van der Waals surface area contributed by atoms with Crippen LogP contribution in [-0.2, 0) is 5.41 Å². The molecule has 2 atom stereocenters. The SMILES string of the molecule is CC1(C)c2ccccc2-c2c(N(c3ccc(-c4cccc5c4OC4C=CC=CC54)cc3)c3ccc4cccc5c4c3-c3ccccc3-5)cccc21. The Morgan fingerprint density at radius 3 is 2.10 bits per heavy atom. The van der Waals surface area contributed by atoms with Crippen LogP contribution in [0.2, 0.25) is 0 Å². The predicted molar refractivity (Wildman–Crippen MR) is 211 cm³/mol. The van der Waals surface area contributed by atoms with Gasteiger partial charge in [0.1, 0.15) is 11.9 Å². The van der Waals surface area contributed by atoms with Crippen LogP contribution < -0.4 is 9.64 Å². The van der Waals surface area contributed by atoms with E-state index in [0.717, 1.165) is 22.6 Å². The molecule has 11 rings (SSSR count). The van der Waals surface area contributed by atoms with Crippen molar-refractivity contribution in [1.29, 1.82) is 0 Å². The molecule has 0 spiro atoms. The largest absolute Gasteiger partial charge is 0.484 e. The average molecular weight is 654 g/mol. The van der Waals surface area contributed by atoms with E-state index in [1.807, 2.05) is 0 Å². The number of rotatable bonds is 4. The molecular weight excluding hydrogens is 619 g/mol. The lowest BCUT2D eigenvalue weighted by atomic mass is 9.82. The predicted octanol–water partition coefficient (Wildman–Crippen LogP) is 12.9. The molecule has 0 radical (unpaired) electrons. The van der Waals surface area contributed by atoms with Crippen molar-refractivity contribution in [2.24, 2.45) is 0 Å². The smallest absolute Gasteiger partial charge is 0.132 e. The van der Waals surface area contributed by atoms with Gasteiger partial charge in [0.2, 0.25) is 0 Å². The van der Waals surface area contributed by atoms with Crippen LogP contribution in [0.3, 0.4) is 0 Å². The lowest BCUT2D eigenvalue weighted by Crippen LogP contribution is -2.16. The van der Waals surface area contributed by atoms with Crippen molar-refractivity contribution in [1.82, 2.24) is 0 Å². The maximum atomic E-state index is 6.58. The molecule has 0 fully saturated rings. The van der Waals surface area contributed by atoms with Gasteiger partial charge in [0.05, 0.1) is 11.4 Å². The molecule has 1 aliphatic heterocycles. The maximum Gasteiger partial charge on any atom is 0.132 e. The van der Waals surface area contributed by atoms with Crippen LogP contribution in [0.5, 0.6) is 5.75 Å². The Kier molecular flexibility index (Phi) is 5.88. The molecule has 7 aromatic rings. The molecule has 0 aromatic heterocycles. The zero-order chi connectivity index (χ0) is 33.8. The lowest BCUT2D eigenvalue weighted by Gasteiger charge is -2.31. The third kappa shape index (κ3) is 3.93. The van der Waals surface area contributed by atoms with Crippen LogP contribution >= 0.6 is 0 Å². The monoisotopic (exact) mass is 653 g/mol. The first-order chi connectivity index (χ1) is 25.1. The fraction of sp³-hybridized carbons (Fsp3) is 0.102. The number of nitrogens with zero attached hydrogens (tertiary/aromatic N) is 1. The Morgan fingerprint density at radius 1 is 0.529 bits per heavy atom. The summed E-state index contributed by atoms with van der Waals surface area (Å²) in [6, 6.07) is 51.8. The van der Waals surface area contributed by atoms with Crippen molar-refractivity contribution in [2.45, 2.75) is 31.3 Å². The van der Waals surface area contributed by atoms with Crippen LogP contribution in [0, 0.1) is 0 Å². The number of allylic oxidation sites excluding steroid dienone is 2. The van der Waals surface area contributed by atoms with E-state index in [1.54, 1.807) is 0 Å². The topological polar surface area (TPSA) is 12.5 Å². The van der Waals surface area contributed by atoms with E-state index in [-0.39, 0.29) is 17.4 Å². The molecule has 0 bridgehead atoms. The summed E-state index contributed by atoms with van der Waals surface area (Å²) in [5.74, 6) is 1.26. The van der Waals surface area contributed by atoms with E-state index in [9.17, 15) is 0 Å². The van der Waals surface area contributed by atoms with Crippen molar-refractivity contribution >= 4 is 27.8 Å². The minimum absolute atomic E-state index is 0.0572. The number of ether oxygens (including phenoxy) is 1. The number of fused-ring (bicyclic) bond motifs is 9. The minimum atomic E-state index is -0.105. The maximum absolute atomic E-state index is 6.58. The van der Waals surface area contributed by atoms with Gasteiger partial charge in [-0.25, -0.2) is 0 Å². The van der Waals surface area contributed by atoms with E-state index in [0.29, 0.717) is 0 Å².